The number of piperidine rings is 1. The number of aromatic nitrogens is 1. The molecule has 0 aromatic carbocycles. The molecule has 0 unspecified atom stereocenters. The van der Waals surface area contributed by atoms with Gasteiger partial charge in [-0.3, -0.25) is 0 Å². The van der Waals surface area contributed by atoms with E-state index in [9.17, 15) is 5.26 Å². The van der Waals surface area contributed by atoms with Crippen molar-refractivity contribution in [2.75, 3.05) is 18.0 Å². The number of rotatable bonds is 2. The smallest absolute Gasteiger partial charge is 0.266 e. The van der Waals surface area contributed by atoms with Gasteiger partial charge in [0.2, 0.25) is 11.6 Å². The highest BCUT2D eigenvalue weighted by Gasteiger charge is 2.28. The lowest BCUT2D eigenvalue weighted by atomic mass is 9.92. The van der Waals surface area contributed by atoms with E-state index in [0.29, 0.717) is 35.1 Å². The Hall–Kier alpha value is -2.22. The number of nitriles is 1. The molecule has 2 atom stereocenters. The highest BCUT2D eigenvalue weighted by Crippen LogP contribution is 2.32. The molecule has 3 rings (SSSR count). The van der Waals surface area contributed by atoms with Gasteiger partial charge in [-0.15, -0.1) is 0 Å². The van der Waals surface area contributed by atoms with Crippen LogP contribution in [0.25, 0.3) is 11.7 Å². The first kappa shape index (κ1) is 12.8. The molecule has 0 N–H and O–H groups in total. The Labute approximate surface area is 117 Å². The van der Waals surface area contributed by atoms with Crippen molar-refractivity contribution in [1.29, 1.82) is 5.26 Å². The summed E-state index contributed by atoms with van der Waals surface area (Å²) in [4.78, 5) is 6.36. The lowest BCUT2D eigenvalue weighted by Gasteiger charge is -2.34. The Morgan fingerprint density at radius 1 is 1.35 bits per heavy atom. The summed E-state index contributed by atoms with van der Waals surface area (Å²) in [6.45, 7) is 6.23. The van der Waals surface area contributed by atoms with E-state index in [1.165, 1.54) is 6.42 Å². The van der Waals surface area contributed by atoms with Gasteiger partial charge in [-0.25, -0.2) is 0 Å². The van der Waals surface area contributed by atoms with Gasteiger partial charge in [0.25, 0.3) is 5.89 Å². The Morgan fingerprint density at radius 3 is 2.70 bits per heavy atom. The number of nitrogens with zero attached hydrogens (tertiary/aromatic N) is 3. The van der Waals surface area contributed by atoms with Crippen LogP contribution in [0.3, 0.4) is 0 Å². The molecule has 0 spiro atoms. The zero-order chi connectivity index (χ0) is 14.1. The van der Waals surface area contributed by atoms with Gasteiger partial charge in [0.05, 0.1) is 6.26 Å². The van der Waals surface area contributed by atoms with E-state index in [1.807, 2.05) is 0 Å². The first-order valence-electron chi connectivity index (χ1n) is 6.87. The molecule has 0 bridgehead atoms. The van der Waals surface area contributed by atoms with Crippen molar-refractivity contribution < 1.29 is 8.83 Å². The number of hydrogen-bond donors (Lipinski definition) is 0. The molecule has 3 heterocycles. The van der Waals surface area contributed by atoms with Crippen LogP contribution in [0.15, 0.2) is 27.2 Å². The zero-order valence-electron chi connectivity index (χ0n) is 11.7. The minimum Gasteiger partial charge on any atom is -0.459 e. The highest BCUT2D eigenvalue weighted by molar-refractivity contribution is 5.55. The molecule has 0 saturated carbocycles. The number of hydrogen-bond acceptors (Lipinski definition) is 5. The van der Waals surface area contributed by atoms with Crippen molar-refractivity contribution >= 4 is 5.88 Å². The third-order valence-corrected chi connectivity index (χ3v) is 3.60. The van der Waals surface area contributed by atoms with Crippen molar-refractivity contribution in [2.24, 2.45) is 11.8 Å². The van der Waals surface area contributed by atoms with Crippen molar-refractivity contribution in [3.05, 3.63) is 24.1 Å². The second kappa shape index (κ2) is 5.04. The Bertz CT molecular complexity index is 614. The van der Waals surface area contributed by atoms with Crippen LogP contribution < -0.4 is 4.90 Å². The molecule has 1 fully saturated rings. The quantitative estimate of drug-likeness (QED) is 0.838. The molecular formula is C15H17N3O2. The van der Waals surface area contributed by atoms with E-state index in [-0.39, 0.29) is 0 Å². The SMILES string of the molecule is C[C@@H]1C[C@@H](C)CN(c2oc(-c3ccco3)nc2C#N)C1. The van der Waals surface area contributed by atoms with E-state index in [4.69, 9.17) is 8.83 Å². The van der Waals surface area contributed by atoms with Gasteiger partial charge in [0.15, 0.2) is 5.76 Å². The lowest BCUT2D eigenvalue weighted by molar-refractivity contribution is 0.343. The average Bonchev–Trinajstić information content (AvgIpc) is 3.06. The van der Waals surface area contributed by atoms with Gasteiger partial charge < -0.3 is 13.7 Å². The highest BCUT2D eigenvalue weighted by atomic mass is 16.4. The molecule has 0 amide bonds. The topological polar surface area (TPSA) is 66.2 Å². The third-order valence-electron chi connectivity index (χ3n) is 3.60. The number of oxazole rings is 1. The third kappa shape index (κ3) is 2.29. The largest absolute Gasteiger partial charge is 0.459 e. The van der Waals surface area contributed by atoms with Crippen LogP contribution in [0.2, 0.25) is 0 Å². The first-order chi connectivity index (χ1) is 9.67. The maximum absolute atomic E-state index is 9.26. The molecule has 1 saturated heterocycles. The fraction of sp³-hybridized carbons (Fsp3) is 0.467. The van der Waals surface area contributed by atoms with Crippen LogP contribution in [0.5, 0.6) is 0 Å². The van der Waals surface area contributed by atoms with E-state index >= 15 is 0 Å². The minimum atomic E-state index is 0.331. The van der Waals surface area contributed by atoms with E-state index < -0.39 is 0 Å². The first-order valence-corrected chi connectivity index (χ1v) is 6.87. The Balaban J connectivity index is 1.95. The minimum absolute atomic E-state index is 0.331. The second-order valence-corrected chi connectivity index (χ2v) is 5.61. The molecule has 0 radical (unpaired) electrons. The van der Waals surface area contributed by atoms with Gasteiger partial charge in [0, 0.05) is 13.1 Å². The standard InChI is InChI=1S/C15H17N3O2/c1-10-6-11(2)9-18(8-10)15-12(7-16)17-14(20-15)13-4-3-5-19-13/h3-5,10-11H,6,8-9H2,1-2H3/t10-,11-/m1/s1. The van der Waals surface area contributed by atoms with Gasteiger partial charge in [-0.05, 0) is 30.4 Å². The molecule has 1 aliphatic heterocycles. The Morgan fingerprint density at radius 2 is 2.10 bits per heavy atom. The van der Waals surface area contributed by atoms with Crippen molar-refractivity contribution in [3.63, 3.8) is 0 Å². The van der Waals surface area contributed by atoms with Gasteiger partial charge in [-0.2, -0.15) is 10.2 Å². The van der Waals surface area contributed by atoms with E-state index in [1.54, 1.807) is 18.4 Å². The van der Waals surface area contributed by atoms with Crippen LogP contribution >= 0.6 is 0 Å². The van der Waals surface area contributed by atoms with Gasteiger partial charge in [0.1, 0.15) is 6.07 Å². The normalized spacial score (nSPS) is 22.8. The van der Waals surface area contributed by atoms with Crippen LogP contribution in [0.4, 0.5) is 5.88 Å². The van der Waals surface area contributed by atoms with Crippen LogP contribution in [0.1, 0.15) is 26.0 Å². The monoisotopic (exact) mass is 271 g/mol. The predicted octanol–water partition coefficient (Wildman–Crippen LogP) is 3.29. The maximum atomic E-state index is 9.26. The van der Waals surface area contributed by atoms with Crippen LogP contribution in [-0.4, -0.2) is 18.1 Å². The zero-order valence-corrected chi connectivity index (χ0v) is 11.7. The maximum Gasteiger partial charge on any atom is 0.266 e. The fourth-order valence-corrected chi connectivity index (χ4v) is 2.93. The van der Waals surface area contributed by atoms with Crippen molar-refractivity contribution in [1.82, 2.24) is 4.98 Å². The van der Waals surface area contributed by atoms with E-state index in [2.05, 4.69) is 29.8 Å². The summed E-state index contributed by atoms with van der Waals surface area (Å²) in [5.74, 6) is 2.65. The summed E-state index contributed by atoms with van der Waals surface area (Å²) >= 11 is 0. The molecule has 0 aliphatic carbocycles. The van der Waals surface area contributed by atoms with Crippen LogP contribution in [0, 0.1) is 23.2 Å². The van der Waals surface area contributed by atoms with Crippen LogP contribution in [-0.2, 0) is 0 Å². The molecule has 20 heavy (non-hydrogen) atoms. The summed E-state index contributed by atoms with van der Waals surface area (Å²) < 4.78 is 11.1. The fourth-order valence-electron chi connectivity index (χ4n) is 2.93. The summed E-state index contributed by atoms with van der Waals surface area (Å²) in [6, 6.07) is 5.67. The molecule has 1 aliphatic rings. The molecule has 5 heteroatoms. The second-order valence-electron chi connectivity index (χ2n) is 5.61. The molecule has 2 aromatic rings. The molecule has 2 aromatic heterocycles. The van der Waals surface area contributed by atoms with E-state index in [0.717, 1.165) is 13.1 Å². The number of furan rings is 1. The average molecular weight is 271 g/mol. The van der Waals surface area contributed by atoms with Crippen molar-refractivity contribution in [3.8, 4) is 17.7 Å². The number of anilines is 1. The lowest BCUT2D eigenvalue weighted by Crippen LogP contribution is -2.38. The molecule has 104 valence electrons. The van der Waals surface area contributed by atoms with Gasteiger partial charge in [-0.1, -0.05) is 13.8 Å². The summed E-state index contributed by atoms with van der Waals surface area (Å²) in [6.07, 6.45) is 2.77. The Kier molecular flexibility index (Phi) is 3.23. The van der Waals surface area contributed by atoms with Gasteiger partial charge >= 0.3 is 0 Å². The summed E-state index contributed by atoms with van der Waals surface area (Å²) in [7, 11) is 0. The van der Waals surface area contributed by atoms with Crippen molar-refractivity contribution in [2.45, 2.75) is 20.3 Å². The molecule has 5 nitrogen and oxygen atoms in total. The predicted molar refractivity (Wildman–Crippen MR) is 74.1 cm³/mol. The summed E-state index contributed by atoms with van der Waals surface area (Å²) in [5, 5.41) is 9.26. The molecular weight excluding hydrogens is 254 g/mol. The summed E-state index contributed by atoms with van der Waals surface area (Å²) in [5.41, 5.74) is 0.331.